The van der Waals surface area contributed by atoms with Crippen LogP contribution in [0.15, 0.2) is 53.7 Å². The highest BCUT2D eigenvalue weighted by Gasteiger charge is 2.49. The summed E-state index contributed by atoms with van der Waals surface area (Å²) in [6.07, 6.45) is -2.75. The van der Waals surface area contributed by atoms with E-state index in [9.17, 15) is 32.0 Å². The first-order valence-corrected chi connectivity index (χ1v) is 18.6. The summed E-state index contributed by atoms with van der Waals surface area (Å²) >= 11 is 5.06. The third-order valence-electron chi connectivity index (χ3n) is 8.65. The Morgan fingerprint density at radius 3 is 2.45 bits per heavy atom. The lowest BCUT2D eigenvalue weighted by Crippen LogP contribution is -2.41. The first kappa shape index (κ1) is 41.4. The van der Waals surface area contributed by atoms with Crippen LogP contribution < -0.4 is 15.4 Å². The number of hydrogen-bond donors (Lipinski definition) is 5. The Morgan fingerprint density at radius 2 is 1.84 bits per heavy atom. The zero-order chi connectivity index (χ0) is 40.6. The molecule has 2 aromatic heterocycles. The van der Waals surface area contributed by atoms with Gasteiger partial charge < -0.3 is 20.3 Å². The van der Waals surface area contributed by atoms with Crippen LogP contribution in [0.4, 0.5) is 32.2 Å². The van der Waals surface area contributed by atoms with Crippen LogP contribution in [-0.2, 0) is 29.6 Å². The maximum atomic E-state index is 15.2. The zero-order valence-corrected chi connectivity index (χ0v) is 31.6. The number of hydrogen-bond acceptors (Lipinski definition) is 8. The maximum Gasteiger partial charge on any atom is 0.290 e. The monoisotopic (exact) mass is 807 g/mol. The van der Waals surface area contributed by atoms with Gasteiger partial charge in [-0.2, -0.15) is 18.6 Å². The number of alkyl halides is 4. The summed E-state index contributed by atoms with van der Waals surface area (Å²) in [6.45, 7) is 3.17. The summed E-state index contributed by atoms with van der Waals surface area (Å²) in [5.41, 5.74) is -2.82. The Bertz CT molecular complexity index is 2230. The maximum absolute atomic E-state index is 15.2. The molecule has 3 atom stereocenters. The number of nitrogens with one attached hydrogen (secondary N) is 4. The predicted octanol–water partition coefficient (Wildman–Crippen LogP) is 6.60. The number of carbonyl (C=O) groups is 1. The van der Waals surface area contributed by atoms with E-state index in [1.54, 1.807) is 25.2 Å². The molecule has 2 aromatic carbocycles. The van der Waals surface area contributed by atoms with E-state index in [2.05, 4.69) is 32.3 Å². The van der Waals surface area contributed by atoms with Gasteiger partial charge in [-0.05, 0) is 68.5 Å². The smallest absolute Gasteiger partial charge is 0.290 e. The molecule has 0 radical (unpaired) electrons. The lowest BCUT2D eigenvalue weighted by molar-refractivity contribution is -0.121. The minimum Gasteiger partial charge on any atom is -0.593 e. The van der Waals surface area contributed by atoms with Crippen LogP contribution >= 0.6 is 11.6 Å². The number of nitrogens with zero attached hydrogens (tertiary/aromatic N) is 3. The molecule has 4 aromatic rings. The molecule has 292 valence electrons. The van der Waals surface area contributed by atoms with E-state index in [0.29, 0.717) is 28.1 Å². The van der Waals surface area contributed by atoms with E-state index in [0.717, 1.165) is 19.1 Å². The molecule has 55 heavy (non-hydrogen) atoms. The number of rotatable bonds is 12. The van der Waals surface area contributed by atoms with Crippen molar-refractivity contribution in [3.63, 3.8) is 0 Å². The molecule has 0 aliphatic heterocycles. The number of aryl methyl sites for hydroxylation is 1. The van der Waals surface area contributed by atoms with Gasteiger partial charge in [0.05, 0.1) is 51.3 Å². The van der Waals surface area contributed by atoms with Crippen molar-refractivity contribution in [1.29, 1.82) is 5.41 Å². The Hall–Kier alpha value is -4.76. The van der Waals surface area contributed by atoms with Gasteiger partial charge in [-0.1, -0.05) is 30.5 Å². The lowest BCUT2D eigenvalue weighted by Gasteiger charge is -2.24. The van der Waals surface area contributed by atoms with E-state index in [-0.39, 0.29) is 34.2 Å². The molecular weight excluding hydrogens is 772 g/mol. The summed E-state index contributed by atoms with van der Waals surface area (Å²) in [5.74, 6) is -2.24. The fourth-order valence-corrected chi connectivity index (χ4v) is 6.89. The molecule has 10 nitrogen and oxygen atoms in total. The van der Waals surface area contributed by atoms with Crippen LogP contribution in [0, 0.1) is 34.8 Å². The van der Waals surface area contributed by atoms with Crippen LogP contribution in [0.3, 0.4) is 0 Å². The molecular formula is C37H36ClF6N7O3S. The number of benzene rings is 2. The average Bonchev–Trinajstić information content (AvgIpc) is 3.52. The molecule has 5 rings (SSSR count). The van der Waals surface area contributed by atoms with E-state index in [1.165, 1.54) is 30.9 Å². The molecule has 2 heterocycles. The number of halogens is 7. The molecule has 1 aliphatic carbocycles. The van der Waals surface area contributed by atoms with Crippen molar-refractivity contribution in [3.05, 3.63) is 87.3 Å². The van der Waals surface area contributed by atoms with Crippen molar-refractivity contribution in [2.75, 3.05) is 17.5 Å². The zero-order valence-electron chi connectivity index (χ0n) is 30.1. The first-order valence-electron chi connectivity index (χ1n) is 16.6. The quantitative estimate of drug-likeness (QED) is 0.0469. The van der Waals surface area contributed by atoms with Crippen molar-refractivity contribution in [2.24, 2.45) is 13.0 Å². The number of allylic oxidation sites excluding steroid dienone is 2. The minimum absolute atomic E-state index is 0.0710. The third-order valence-corrected chi connectivity index (χ3v) is 9.45. The van der Waals surface area contributed by atoms with Gasteiger partial charge in [0.15, 0.2) is 0 Å². The highest BCUT2D eigenvalue weighted by Crippen LogP contribution is 2.44. The molecule has 0 bridgehead atoms. The highest BCUT2D eigenvalue weighted by atomic mass is 35.5. The second-order valence-electron chi connectivity index (χ2n) is 13.5. The van der Waals surface area contributed by atoms with Gasteiger partial charge in [-0.15, -0.1) is 0 Å². The highest BCUT2D eigenvalue weighted by molar-refractivity contribution is 7.92. The van der Waals surface area contributed by atoms with E-state index < -0.39 is 88.8 Å². The van der Waals surface area contributed by atoms with E-state index >= 15 is 8.78 Å². The van der Waals surface area contributed by atoms with Gasteiger partial charge in [-0.3, -0.25) is 14.9 Å². The minimum atomic E-state index is -3.65. The Labute approximate surface area is 320 Å². The molecule has 0 spiro atoms. The standard InChI is InChI=1S/C37H36ClF6N7O3S/c1-18-12-25(30(45)34(41)42)33(37(18,43)44)46-17-28(52)48-27(15-19-13-20(39)16-21(40)14-19)31-23(7-6-22(47-31)10-11-36(2,3)53)24-8-9-26(38)29-32(24)51(4)49-35(29)50-55(5)54/h6-9,13-14,16,18,27,34,45-46,53H,12,15,17H2,1-5H3,(H,48,52)(H,49,50)/t18-,27?,55?/m1/s1. The number of amides is 1. The van der Waals surface area contributed by atoms with Crippen LogP contribution in [0.25, 0.3) is 22.0 Å². The molecule has 1 amide bonds. The number of pyridine rings is 1. The second kappa shape index (κ2) is 16.1. The van der Waals surface area contributed by atoms with Gasteiger partial charge in [0.1, 0.15) is 34.9 Å². The number of anilines is 1. The largest absolute Gasteiger partial charge is 0.593 e. The Kier molecular flexibility index (Phi) is 12.2. The normalized spacial score (nSPS) is 16.5. The summed E-state index contributed by atoms with van der Waals surface area (Å²) in [6, 6.07) is 7.81. The van der Waals surface area contributed by atoms with Gasteiger partial charge in [-0.25, -0.2) is 22.5 Å². The van der Waals surface area contributed by atoms with Gasteiger partial charge in [0.2, 0.25) is 11.7 Å². The number of fused-ring (bicyclic) bond motifs is 1. The van der Waals surface area contributed by atoms with Crippen molar-refractivity contribution in [3.8, 4) is 23.0 Å². The molecule has 2 unspecified atom stereocenters. The van der Waals surface area contributed by atoms with Crippen molar-refractivity contribution < 1.29 is 40.8 Å². The Balaban J connectivity index is 1.66. The van der Waals surface area contributed by atoms with E-state index in [4.69, 9.17) is 22.0 Å². The molecule has 0 saturated carbocycles. The van der Waals surface area contributed by atoms with Crippen LogP contribution in [0.2, 0.25) is 5.02 Å². The van der Waals surface area contributed by atoms with Gasteiger partial charge >= 0.3 is 0 Å². The average molecular weight is 808 g/mol. The second-order valence-corrected chi connectivity index (χ2v) is 15.1. The number of aromatic nitrogens is 3. The van der Waals surface area contributed by atoms with E-state index in [1.807, 2.05) is 0 Å². The Morgan fingerprint density at radius 1 is 1.18 bits per heavy atom. The van der Waals surface area contributed by atoms with Gasteiger partial charge in [0, 0.05) is 35.7 Å². The van der Waals surface area contributed by atoms with Crippen LogP contribution in [-0.4, -0.2) is 66.8 Å². The molecule has 18 heteroatoms. The predicted molar refractivity (Wildman–Crippen MR) is 198 cm³/mol. The number of aliphatic hydroxyl groups is 1. The van der Waals surface area contributed by atoms with Crippen molar-refractivity contribution >= 4 is 51.3 Å². The summed E-state index contributed by atoms with van der Waals surface area (Å²) < 4.78 is 103. The summed E-state index contributed by atoms with van der Waals surface area (Å²) in [4.78, 5) is 18.4. The molecule has 1 aliphatic rings. The summed E-state index contributed by atoms with van der Waals surface area (Å²) in [7, 11) is 1.61. The summed E-state index contributed by atoms with van der Waals surface area (Å²) in [5, 5.41) is 28.0. The number of carbonyl (C=O) groups excluding carboxylic acids is 1. The van der Waals surface area contributed by atoms with Crippen LogP contribution in [0.1, 0.15) is 50.2 Å². The topological polar surface area (TPSA) is 151 Å². The first-order chi connectivity index (χ1) is 25.7. The van der Waals surface area contributed by atoms with Crippen molar-refractivity contribution in [2.45, 2.75) is 57.6 Å². The van der Waals surface area contributed by atoms with Gasteiger partial charge in [0.25, 0.3) is 12.3 Å². The lowest BCUT2D eigenvalue weighted by atomic mass is 9.93. The molecule has 5 N–H and O–H groups in total. The van der Waals surface area contributed by atoms with Crippen LogP contribution in [0.5, 0.6) is 0 Å². The third kappa shape index (κ3) is 9.38. The molecule has 0 fully saturated rings. The van der Waals surface area contributed by atoms with Crippen molar-refractivity contribution in [1.82, 2.24) is 25.4 Å². The molecule has 0 saturated heterocycles. The SMILES string of the molecule is C[C@@H]1CC(C(=N)C(F)F)=C(NCC(=O)NC(Cc2cc(F)cc(F)c2)c2nc(C#CC(C)(C)O)ccc2-c2ccc(Cl)c3c(N[S+](C)[O-])nn(C)c23)C1(F)F. The fraction of sp³-hybridized carbons (Fsp3) is 0.351. The fourth-order valence-electron chi connectivity index (χ4n) is 6.24.